The minimum Gasteiger partial charge on any atom is -0.312 e. The molecule has 2 unspecified atom stereocenters. The van der Waals surface area contributed by atoms with Gasteiger partial charge in [0, 0.05) is 12.6 Å². The maximum Gasteiger partial charge on any atom is 0.243 e. The average molecular weight is 286 g/mol. The van der Waals surface area contributed by atoms with Crippen LogP contribution in [0.25, 0.3) is 0 Å². The fourth-order valence-electron chi connectivity index (χ4n) is 2.33. The van der Waals surface area contributed by atoms with Crippen LogP contribution < -0.4 is 10.0 Å². The normalized spacial score (nSPS) is 24.3. The first kappa shape index (κ1) is 14.4. The Hall–Kier alpha value is -0.980. The van der Waals surface area contributed by atoms with Crippen LogP contribution >= 0.6 is 0 Å². The molecule has 2 N–H and O–H groups in total. The molecule has 2 rings (SSSR count). The third-order valence-corrected chi connectivity index (χ3v) is 5.01. The van der Waals surface area contributed by atoms with Gasteiger partial charge in [-0.2, -0.15) is 0 Å². The number of halogens is 1. The van der Waals surface area contributed by atoms with E-state index in [0.29, 0.717) is 5.92 Å². The molecular weight excluding hydrogens is 267 g/mol. The number of rotatable bonds is 4. The van der Waals surface area contributed by atoms with Crippen molar-refractivity contribution in [1.29, 1.82) is 0 Å². The van der Waals surface area contributed by atoms with Crippen LogP contribution in [0.2, 0.25) is 0 Å². The number of hydrogen-bond acceptors (Lipinski definition) is 3. The Morgan fingerprint density at radius 2 is 2.16 bits per heavy atom. The molecule has 1 fully saturated rings. The molecule has 1 aliphatic heterocycles. The number of piperidine rings is 1. The van der Waals surface area contributed by atoms with Crippen molar-refractivity contribution in [1.82, 2.24) is 10.0 Å². The molecule has 0 amide bonds. The van der Waals surface area contributed by atoms with Crippen molar-refractivity contribution in [2.45, 2.75) is 30.7 Å². The summed E-state index contributed by atoms with van der Waals surface area (Å²) in [5, 5.41) is 3.29. The van der Waals surface area contributed by atoms with Crippen molar-refractivity contribution in [3.63, 3.8) is 0 Å². The molecule has 0 radical (unpaired) electrons. The van der Waals surface area contributed by atoms with Crippen molar-refractivity contribution < 1.29 is 12.8 Å². The fraction of sp³-hybridized carbons (Fsp3) is 0.538. The Balaban J connectivity index is 2.04. The quantitative estimate of drug-likeness (QED) is 0.881. The molecule has 1 aromatic carbocycles. The topological polar surface area (TPSA) is 58.2 Å². The zero-order chi connectivity index (χ0) is 13.9. The molecular formula is C13H19FN2O2S. The van der Waals surface area contributed by atoms with Gasteiger partial charge in [-0.15, -0.1) is 0 Å². The molecule has 0 saturated carbocycles. The van der Waals surface area contributed by atoms with E-state index in [1.807, 2.05) is 0 Å². The molecule has 19 heavy (non-hydrogen) atoms. The average Bonchev–Trinajstić information content (AvgIpc) is 2.38. The molecule has 1 aromatic rings. The van der Waals surface area contributed by atoms with Gasteiger partial charge in [-0.25, -0.2) is 17.5 Å². The number of hydrogen-bond donors (Lipinski definition) is 2. The summed E-state index contributed by atoms with van der Waals surface area (Å²) in [5.74, 6) is -0.309. The van der Waals surface area contributed by atoms with Crippen LogP contribution in [-0.2, 0) is 10.0 Å². The van der Waals surface area contributed by atoms with Gasteiger partial charge >= 0.3 is 0 Å². The Morgan fingerprint density at radius 1 is 1.42 bits per heavy atom. The molecule has 0 bridgehead atoms. The summed E-state index contributed by atoms with van der Waals surface area (Å²) in [5.41, 5.74) is 0. The van der Waals surface area contributed by atoms with Crippen LogP contribution in [0.5, 0.6) is 0 Å². The van der Waals surface area contributed by atoms with Gasteiger partial charge in [0.05, 0.1) is 0 Å². The van der Waals surface area contributed by atoms with Gasteiger partial charge in [0.2, 0.25) is 10.0 Å². The van der Waals surface area contributed by atoms with Crippen molar-refractivity contribution in [2.24, 2.45) is 5.92 Å². The van der Waals surface area contributed by atoms with Gasteiger partial charge in [0.25, 0.3) is 0 Å². The predicted molar refractivity (Wildman–Crippen MR) is 71.8 cm³/mol. The molecule has 6 heteroatoms. The summed E-state index contributed by atoms with van der Waals surface area (Å²) in [6, 6.07) is 5.51. The highest BCUT2D eigenvalue weighted by Gasteiger charge is 2.24. The van der Waals surface area contributed by atoms with Crippen molar-refractivity contribution >= 4 is 10.0 Å². The van der Waals surface area contributed by atoms with Crippen molar-refractivity contribution in [3.8, 4) is 0 Å². The highest BCUT2D eigenvalue weighted by molar-refractivity contribution is 7.89. The predicted octanol–water partition coefficient (Wildman–Crippen LogP) is 1.49. The van der Waals surface area contributed by atoms with E-state index in [9.17, 15) is 12.8 Å². The molecule has 106 valence electrons. The minimum atomic E-state index is -3.78. The molecule has 1 heterocycles. The minimum absolute atomic E-state index is 0.107. The summed E-state index contributed by atoms with van der Waals surface area (Å²) in [6.07, 6.45) is 2.19. The van der Waals surface area contributed by atoms with Gasteiger partial charge in [-0.05, 0) is 37.4 Å². The Morgan fingerprint density at radius 3 is 2.84 bits per heavy atom. The molecule has 4 nitrogen and oxygen atoms in total. The standard InChI is InChI=1S/C13H19FN2O2S/c1-10-5-4-8-15-12(10)9-16-19(17,18)13-7-3-2-6-11(13)14/h2-3,6-7,10,12,15-16H,4-5,8-9H2,1H3. The lowest BCUT2D eigenvalue weighted by Gasteiger charge is -2.30. The van der Waals surface area contributed by atoms with Crippen molar-refractivity contribution in [2.75, 3.05) is 13.1 Å². The van der Waals surface area contributed by atoms with Crippen LogP contribution in [0.4, 0.5) is 4.39 Å². The van der Waals surface area contributed by atoms with E-state index >= 15 is 0 Å². The summed E-state index contributed by atoms with van der Waals surface area (Å²) in [7, 11) is -3.78. The van der Waals surface area contributed by atoms with Gasteiger partial charge in [0.15, 0.2) is 0 Å². The first-order chi connectivity index (χ1) is 9.00. The molecule has 1 saturated heterocycles. The second-order valence-corrected chi connectivity index (χ2v) is 6.70. The van der Waals surface area contributed by atoms with Crippen LogP contribution in [0.15, 0.2) is 29.2 Å². The van der Waals surface area contributed by atoms with E-state index in [1.54, 1.807) is 0 Å². The summed E-state index contributed by atoms with van der Waals surface area (Å²) >= 11 is 0. The van der Waals surface area contributed by atoms with E-state index in [4.69, 9.17) is 0 Å². The Bertz CT molecular complexity index is 533. The first-order valence-electron chi connectivity index (χ1n) is 6.48. The van der Waals surface area contributed by atoms with E-state index in [0.717, 1.165) is 25.5 Å². The summed E-state index contributed by atoms with van der Waals surface area (Å²) < 4.78 is 40.0. The van der Waals surface area contributed by atoms with Crippen LogP contribution in [-0.4, -0.2) is 27.5 Å². The largest absolute Gasteiger partial charge is 0.312 e. The molecule has 2 atom stereocenters. The van der Waals surface area contributed by atoms with Gasteiger partial charge < -0.3 is 5.32 Å². The van der Waals surface area contributed by atoms with Crippen LogP contribution in [0.3, 0.4) is 0 Å². The molecule has 0 aromatic heterocycles. The highest BCUT2D eigenvalue weighted by Crippen LogP contribution is 2.17. The lowest BCUT2D eigenvalue weighted by Crippen LogP contribution is -2.47. The third kappa shape index (κ3) is 3.52. The highest BCUT2D eigenvalue weighted by atomic mass is 32.2. The number of benzene rings is 1. The zero-order valence-electron chi connectivity index (χ0n) is 10.9. The number of nitrogens with one attached hydrogen (secondary N) is 2. The smallest absolute Gasteiger partial charge is 0.243 e. The van der Waals surface area contributed by atoms with Crippen molar-refractivity contribution in [3.05, 3.63) is 30.1 Å². The second kappa shape index (κ2) is 5.98. The maximum absolute atomic E-state index is 13.5. The van der Waals surface area contributed by atoms with E-state index in [1.165, 1.54) is 18.2 Å². The van der Waals surface area contributed by atoms with E-state index in [2.05, 4.69) is 17.0 Å². The lowest BCUT2D eigenvalue weighted by molar-refractivity contribution is 0.300. The zero-order valence-corrected chi connectivity index (χ0v) is 11.7. The molecule has 0 aliphatic carbocycles. The van der Waals surface area contributed by atoms with Crippen LogP contribution in [0.1, 0.15) is 19.8 Å². The molecule has 0 spiro atoms. The van der Waals surface area contributed by atoms with Gasteiger partial charge in [-0.3, -0.25) is 0 Å². The monoisotopic (exact) mass is 286 g/mol. The number of sulfonamides is 1. The van der Waals surface area contributed by atoms with E-state index < -0.39 is 15.8 Å². The second-order valence-electron chi connectivity index (χ2n) is 4.96. The Labute approximate surface area is 113 Å². The van der Waals surface area contributed by atoms with Crippen LogP contribution in [0, 0.1) is 11.7 Å². The molecule has 1 aliphatic rings. The summed E-state index contributed by atoms with van der Waals surface area (Å²) in [4.78, 5) is -0.293. The van der Waals surface area contributed by atoms with E-state index in [-0.39, 0.29) is 17.5 Å². The Kier molecular flexibility index (Phi) is 4.54. The fourth-order valence-corrected chi connectivity index (χ4v) is 3.46. The summed E-state index contributed by atoms with van der Waals surface area (Å²) in [6.45, 7) is 3.28. The SMILES string of the molecule is CC1CCCNC1CNS(=O)(=O)c1ccccc1F. The first-order valence-corrected chi connectivity index (χ1v) is 7.96. The third-order valence-electron chi connectivity index (χ3n) is 3.55. The lowest BCUT2D eigenvalue weighted by atomic mass is 9.93. The maximum atomic E-state index is 13.5. The van der Waals surface area contributed by atoms with Gasteiger partial charge in [0.1, 0.15) is 10.7 Å². The van der Waals surface area contributed by atoms with Gasteiger partial charge in [-0.1, -0.05) is 19.1 Å².